The van der Waals surface area contributed by atoms with Gasteiger partial charge in [0.05, 0.1) is 12.7 Å². The molecule has 0 aromatic heterocycles. The highest BCUT2D eigenvalue weighted by Crippen LogP contribution is 2.54. The molecule has 0 N–H and O–H groups in total. The van der Waals surface area contributed by atoms with E-state index in [0.29, 0.717) is 6.61 Å². The SMILES string of the molecule is COCOCC1=CCC[C@@H]2C(=O)[C@@H]3OC(C)(C)O[C@@H]3[C@H](OCOC)[C@]12C. The lowest BCUT2D eigenvalue weighted by Crippen LogP contribution is -2.63. The van der Waals surface area contributed by atoms with Gasteiger partial charge in [-0.25, -0.2) is 0 Å². The first kappa shape index (κ1) is 19.9. The quantitative estimate of drug-likeness (QED) is 0.386. The molecule has 0 amide bonds. The number of carbonyl (C=O) groups is 1. The zero-order valence-corrected chi connectivity index (χ0v) is 16.3. The second-order valence-electron chi connectivity index (χ2n) is 7.81. The van der Waals surface area contributed by atoms with Crippen LogP contribution in [0.2, 0.25) is 0 Å². The fraction of sp³-hybridized carbons (Fsp3) is 0.842. The maximum Gasteiger partial charge on any atom is 0.168 e. The van der Waals surface area contributed by atoms with E-state index in [2.05, 4.69) is 13.0 Å². The molecule has 2 fully saturated rings. The van der Waals surface area contributed by atoms with E-state index in [1.54, 1.807) is 14.2 Å². The monoisotopic (exact) mass is 370 g/mol. The largest absolute Gasteiger partial charge is 0.359 e. The van der Waals surface area contributed by atoms with Gasteiger partial charge in [-0.15, -0.1) is 0 Å². The predicted molar refractivity (Wildman–Crippen MR) is 92.3 cm³/mol. The molecule has 2 aliphatic carbocycles. The van der Waals surface area contributed by atoms with Gasteiger partial charge in [0, 0.05) is 25.6 Å². The van der Waals surface area contributed by atoms with Crippen LogP contribution < -0.4 is 0 Å². The highest BCUT2D eigenvalue weighted by atomic mass is 16.8. The minimum absolute atomic E-state index is 0.0951. The molecule has 1 aliphatic heterocycles. The Morgan fingerprint density at radius 1 is 1.15 bits per heavy atom. The maximum absolute atomic E-state index is 13.2. The summed E-state index contributed by atoms with van der Waals surface area (Å²) in [6.45, 7) is 6.45. The van der Waals surface area contributed by atoms with Crippen molar-refractivity contribution < 1.29 is 33.2 Å². The normalized spacial score (nSPS) is 38.7. The Balaban J connectivity index is 1.95. The molecule has 0 unspecified atom stereocenters. The van der Waals surface area contributed by atoms with Crippen LogP contribution in [0, 0.1) is 11.3 Å². The molecule has 0 aromatic carbocycles. The summed E-state index contributed by atoms with van der Waals surface area (Å²) in [4.78, 5) is 13.2. The van der Waals surface area contributed by atoms with Crippen molar-refractivity contribution in [3.8, 4) is 0 Å². The number of rotatable bonds is 7. The first-order valence-corrected chi connectivity index (χ1v) is 9.11. The number of hydrogen-bond donors (Lipinski definition) is 0. The fourth-order valence-electron chi connectivity index (χ4n) is 4.62. The second kappa shape index (κ2) is 7.66. The molecule has 0 aromatic rings. The third-order valence-electron chi connectivity index (χ3n) is 5.73. The fourth-order valence-corrected chi connectivity index (χ4v) is 4.62. The molecular formula is C19H30O7. The Morgan fingerprint density at radius 3 is 2.58 bits per heavy atom. The summed E-state index contributed by atoms with van der Waals surface area (Å²) in [5.74, 6) is -0.924. The summed E-state index contributed by atoms with van der Waals surface area (Å²) in [6, 6.07) is 0. The van der Waals surface area contributed by atoms with Crippen LogP contribution in [0.1, 0.15) is 33.6 Å². The third-order valence-corrected chi connectivity index (χ3v) is 5.73. The van der Waals surface area contributed by atoms with E-state index in [1.165, 1.54) is 0 Å². The van der Waals surface area contributed by atoms with Crippen molar-refractivity contribution in [1.82, 2.24) is 0 Å². The molecule has 0 spiro atoms. The average molecular weight is 370 g/mol. The molecule has 3 aliphatic rings. The first-order valence-electron chi connectivity index (χ1n) is 9.11. The molecule has 5 atom stereocenters. The van der Waals surface area contributed by atoms with Gasteiger partial charge in [-0.05, 0) is 32.3 Å². The maximum atomic E-state index is 13.2. The molecule has 3 rings (SSSR count). The van der Waals surface area contributed by atoms with Gasteiger partial charge in [0.15, 0.2) is 11.6 Å². The van der Waals surface area contributed by atoms with Crippen molar-refractivity contribution in [3.05, 3.63) is 11.6 Å². The van der Waals surface area contributed by atoms with Crippen molar-refractivity contribution in [3.63, 3.8) is 0 Å². The highest BCUT2D eigenvalue weighted by molar-refractivity contribution is 5.89. The third kappa shape index (κ3) is 3.37. The molecule has 7 heteroatoms. The lowest BCUT2D eigenvalue weighted by atomic mass is 9.56. The minimum atomic E-state index is -0.819. The van der Waals surface area contributed by atoms with E-state index in [9.17, 15) is 4.79 Å². The number of Topliss-reactive ketones (excluding diaryl/α,β-unsaturated/α-hetero) is 1. The molecular weight excluding hydrogens is 340 g/mol. The van der Waals surface area contributed by atoms with E-state index in [1.807, 2.05) is 13.8 Å². The zero-order valence-electron chi connectivity index (χ0n) is 16.3. The number of carbonyl (C=O) groups excluding carboxylic acids is 1. The van der Waals surface area contributed by atoms with Crippen molar-refractivity contribution in [2.24, 2.45) is 11.3 Å². The van der Waals surface area contributed by atoms with E-state index in [4.69, 9.17) is 28.4 Å². The topological polar surface area (TPSA) is 72.5 Å². The number of methoxy groups -OCH3 is 2. The number of ether oxygens (including phenoxy) is 6. The van der Waals surface area contributed by atoms with E-state index < -0.39 is 23.4 Å². The smallest absolute Gasteiger partial charge is 0.168 e. The Kier molecular flexibility index (Phi) is 5.86. The van der Waals surface area contributed by atoms with Crippen molar-refractivity contribution in [1.29, 1.82) is 0 Å². The van der Waals surface area contributed by atoms with Gasteiger partial charge in [0.1, 0.15) is 25.8 Å². The molecule has 1 saturated heterocycles. The lowest BCUT2D eigenvalue weighted by Gasteiger charge is -2.52. The standard InChI is InChI=1S/C19H30O7/c1-18(2)25-15-14(20)13-8-6-7-12(9-23-10-21-4)19(13,3)17(16(15)26-18)24-11-22-5/h7,13,15-17H,6,8-11H2,1-5H3/t13-,15+,16+,17+,19-/m1/s1. The van der Waals surface area contributed by atoms with E-state index in [0.717, 1.165) is 18.4 Å². The Labute approximate surface area is 154 Å². The Hall–Kier alpha value is -0.830. The van der Waals surface area contributed by atoms with Gasteiger partial charge in [-0.3, -0.25) is 4.79 Å². The molecule has 0 bridgehead atoms. The zero-order chi connectivity index (χ0) is 18.9. The van der Waals surface area contributed by atoms with E-state index >= 15 is 0 Å². The van der Waals surface area contributed by atoms with Crippen LogP contribution in [-0.2, 0) is 33.2 Å². The molecule has 26 heavy (non-hydrogen) atoms. The summed E-state index contributed by atoms with van der Waals surface area (Å²) in [5.41, 5.74) is 0.513. The van der Waals surface area contributed by atoms with Crippen LogP contribution in [-0.4, -0.2) is 64.3 Å². The van der Waals surface area contributed by atoms with Gasteiger partial charge in [0.25, 0.3) is 0 Å². The number of allylic oxidation sites excluding steroid dienone is 1. The van der Waals surface area contributed by atoms with Crippen LogP contribution in [0.5, 0.6) is 0 Å². The second-order valence-corrected chi connectivity index (χ2v) is 7.81. The molecule has 148 valence electrons. The summed E-state index contributed by atoms with van der Waals surface area (Å²) in [6.07, 6.45) is 2.31. The predicted octanol–water partition coefficient (Wildman–Crippen LogP) is 2.04. The van der Waals surface area contributed by atoms with Crippen LogP contribution in [0.15, 0.2) is 11.6 Å². The lowest BCUT2D eigenvalue weighted by molar-refractivity contribution is -0.199. The number of fused-ring (bicyclic) bond motifs is 2. The van der Waals surface area contributed by atoms with Crippen LogP contribution in [0.3, 0.4) is 0 Å². The van der Waals surface area contributed by atoms with Crippen LogP contribution >= 0.6 is 0 Å². The van der Waals surface area contributed by atoms with Gasteiger partial charge < -0.3 is 28.4 Å². The van der Waals surface area contributed by atoms with Gasteiger partial charge in [-0.2, -0.15) is 0 Å². The molecule has 1 saturated carbocycles. The average Bonchev–Trinajstić information content (AvgIpc) is 2.91. The molecule has 1 heterocycles. The van der Waals surface area contributed by atoms with Gasteiger partial charge in [-0.1, -0.05) is 13.0 Å². The van der Waals surface area contributed by atoms with Crippen LogP contribution in [0.25, 0.3) is 0 Å². The number of hydrogen-bond acceptors (Lipinski definition) is 7. The Bertz CT molecular complexity index is 558. The van der Waals surface area contributed by atoms with Gasteiger partial charge in [0.2, 0.25) is 0 Å². The van der Waals surface area contributed by atoms with Crippen LogP contribution in [0.4, 0.5) is 0 Å². The summed E-state index contributed by atoms with van der Waals surface area (Å²) >= 11 is 0. The van der Waals surface area contributed by atoms with Gasteiger partial charge >= 0.3 is 0 Å². The number of ketones is 1. The molecule has 7 nitrogen and oxygen atoms in total. The summed E-state index contributed by atoms with van der Waals surface area (Å²) in [5, 5.41) is 0. The van der Waals surface area contributed by atoms with Crippen molar-refractivity contribution in [2.45, 2.75) is 57.7 Å². The minimum Gasteiger partial charge on any atom is -0.359 e. The summed E-state index contributed by atoms with van der Waals surface area (Å²) < 4.78 is 33.9. The van der Waals surface area contributed by atoms with Crippen molar-refractivity contribution >= 4 is 5.78 Å². The van der Waals surface area contributed by atoms with Crippen molar-refractivity contribution in [2.75, 3.05) is 34.4 Å². The van der Waals surface area contributed by atoms with E-state index in [-0.39, 0.29) is 31.4 Å². The Morgan fingerprint density at radius 2 is 1.88 bits per heavy atom. The highest BCUT2D eigenvalue weighted by Gasteiger charge is 2.64. The summed E-state index contributed by atoms with van der Waals surface area (Å²) in [7, 11) is 3.17. The first-order chi connectivity index (χ1) is 12.3. The molecule has 0 radical (unpaired) electrons.